The fraction of sp³-hybridized carbons (Fsp3) is 0.391. The minimum absolute atomic E-state index is 0.00289. The molecule has 0 unspecified atom stereocenters. The number of aliphatic imine (C=N–C) groups is 1. The highest BCUT2D eigenvalue weighted by atomic mass is 16.2. The molecule has 0 aliphatic carbocycles. The molecule has 0 radical (unpaired) electrons. The number of carbonyl (C=O) groups excluding carboxylic acids is 1. The van der Waals surface area contributed by atoms with Crippen molar-refractivity contribution >= 4 is 28.7 Å². The number of aryl methyl sites for hydroxylation is 1. The third-order valence-electron chi connectivity index (χ3n) is 5.63. The first-order chi connectivity index (χ1) is 14.5. The Hall–Kier alpha value is -3.06. The number of piperidine rings is 1. The second kappa shape index (κ2) is 8.75. The molecule has 156 valence electrons. The Bertz CT molecular complexity index is 1070. The number of fused-ring (bicyclic) bond motifs is 1. The highest BCUT2D eigenvalue weighted by molar-refractivity contribution is 5.99. The summed E-state index contributed by atoms with van der Waals surface area (Å²) in [6, 6.07) is 8.45. The molecule has 3 heterocycles. The molecule has 0 bridgehead atoms. The summed E-state index contributed by atoms with van der Waals surface area (Å²) in [6.07, 6.45) is 8.26. The van der Waals surface area contributed by atoms with E-state index >= 15 is 0 Å². The van der Waals surface area contributed by atoms with Crippen molar-refractivity contribution < 1.29 is 4.79 Å². The summed E-state index contributed by atoms with van der Waals surface area (Å²) in [5, 5.41) is 8.22. The molecule has 2 aromatic heterocycles. The number of nitrogens with one attached hydrogen (secondary N) is 1. The van der Waals surface area contributed by atoms with Gasteiger partial charge in [0.1, 0.15) is 0 Å². The molecule has 1 fully saturated rings. The minimum Gasteiger partial charge on any atom is -0.322 e. The van der Waals surface area contributed by atoms with E-state index in [0.717, 1.165) is 36.3 Å². The third-order valence-corrected chi connectivity index (χ3v) is 5.63. The quantitative estimate of drug-likeness (QED) is 0.663. The lowest BCUT2D eigenvalue weighted by Gasteiger charge is -2.36. The molecule has 1 amide bonds. The first kappa shape index (κ1) is 20.2. The Labute approximate surface area is 176 Å². The van der Waals surface area contributed by atoms with Crippen LogP contribution in [0, 0.1) is 5.92 Å². The Morgan fingerprint density at radius 3 is 2.97 bits per heavy atom. The number of hydrogen-bond donors (Lipinski definition) is 1. The number of anilines is 1. The zero-order chi connectivity index (χ0) is 21.1. The molecular weight excluding hydrogens is 376 g/mol. The summed E-state index contributed by atoms with van der Waals surface area (Å²) in [5.41, 5.74) is 4.05. The Morgan fingerprint density at radius 2 is 2.20 bits per heavy atom. The number of pyridine rings is 1. The molecule has 7 nitrogen and oxygen atoms in total. The number of hydrogen-bond acceptors (Lipinski definition) is 5. The number of carbonyl (C=O) groups is 1. The van der Waals surface area contributed by atoms with Crippen molar-refractivity contribution in [1.29, 1.82) is 0 Å². The van der Waals surface area contributed by atoms with E-state index in [4.69, 9.17) is 0 Å². The van der Waals surface area contributed by atoms with Gasteiger partial charge in [-0.3, -0.25) is 24.4 Å². The van der Waals surface area contributed by atoms with Gasteiger partial charge in [0.05, 0.1) is 23.9 Å². The molecule has 1 aliphatic rings. The molecular formula is C23H28N6O. The zero-order valence-corrected chi connectivity index (χ0v) is 17.7. The lowest BCUT2D eigenvalue weighted by molar-refractivity contribution is -0.117. The second-order valence-corrected chi connectivity index (χ2v) is 8.21. The predicted molar refractivity (Wildman–Crippen MR) is 120 cm³/mol. The fourth-order valence-electron chi connectivity index (χ4n) is 4.52. The predicted octanol–water partition coefficient (Wildman–Crippen LogP) is 3.08. The van der Waals surface area contributed by atoms with Gasteiger partial charge < -0.3 is 5.32 Å². The van der Waals surface area contributed by atoms with Crippen molar-refractivity contribution in [3.05, 3.63) is 54.0 Å². The van der Waals surface area contributed by atoms with Crippen LogP contribution in [0.5, 0.6) is 0 Å². The van der Waals surface area contributed by atoms with Gasteiger partial charge in [0.15, 0.2) is 0 Å². The summed E-state index contributed by atoms with van der Waals surface area (Å²) >= 11 is 0. The minimum atomic E-state index is -0.00289. The number of amides is 1. The monoisotopic (exact) mass is 404 g/mol. The van der Waals surface area contributed by atoms with Gasteiger partial charge >= 0.3 is 0 Å². The van der Waals surface area contributed by atoms with Gasteiger partial charge in [0, 0.05) is 56.7 Å². The standard InChI is InChI=1S/C23H28N6O/c1-16-9-18(13-29(12-16)15-22(30)27-19-11-26-28(3)14-19)20-7-6-17(10-24-2)23-21(20)5-4-8-25-23/h4-8,10-11,14,16,18H,9,12-13,15H2,1-3H3,(H,27,30)/b24-10+/t16-,18+/m1/s1. The number of benzene rings is 1. The van der Waals surface area contributed by atoms with Crippen LogP contribution in [0.4, 0.5) is 5.69 Å². The molecule has 30 heavy (non-hydrogen) atoms. The summed E-state index contributed by atoms with van der Waals surface area (Å²) in [5.74, 6) is 0.870. The molecule has 0 saturated carbocycles. The Balaban J connectivity index is 1.53. The lowest BCUT2D eigenvalue weighted by atomic mass is 9.83. The molecule has 1 N–H and O–H groups in total. The molecule has 2 atom stereocenters. The fourth-order valence-corrected chi connectivity index (χ4v) is 4.52. The Kier molecular flexibility index (Phi) is 5.90. The summed E-state index contributed by atoms with van der Waals surface area (Å²) in [4.78, 5) is 23.6. The van der Waals surface area contributed by atoms with Crippen molar-refractivity contribution in [1.82, 2.24) is 19.7 Å². The number of likely N-dealkylation sites (tertiary alicyclic amines) is 1. The summed E-state index contributed by atoms with van der Waals surface area (Å²) in [6.45, 7) is 4.42. The van der Waals surface area contributed by atoms with Crippen molar-refractivity contribution in [2.45, 2.75) is 19.3 Å². The van der Waals surface area contributed by atoms with Gasteiger partial charge in [-0.25, -0.2) is 0 Å². The molecule has 1 aliphatic heterocycles. The molecule has 1 aromatic carbocycles. The number of aromatic nitrogens is 3. The smallest absolute Gasteiger partial charge is 0.238 e. The molecule has 4 rings (SSSR count). The van der Waals surface area contributed by atoms with Gasteiger partial charge in [0.25, 0.3) is 0 Å². The van der Waals surface area contributed by atoms with E-state index in [1.54, 1.807) is 24.1 Å². The van der Waals surface area contributed by atoms with Crippen LogP contribution < -0.4 is 5.32 Å². The topological polar surface area (TPSA) is 75.4 Å². The van der Waals surface area contributed by atoms with E-state index in [0.29, 0.717) is 18.4 Å². The maximum Gasteiger partial charge on any atom is 0.238 e. The maximum absolute atomic E-state index is 12.6. The van der Waals surface area contributed by atoms with Crippen molar-refractivity contribution in [2.24, 2.45) is 18.0 Å². The van der Waals surface area contributed by atoms with E-state index in [9.17, 15) is 4.79 Å². The SMILES string of the molecule is C/N=C/c1ccc([C@H]2C[C@@H](C)CN(CC(=O)Nc3cnn(C)c3)C2)c2cccnc12. The number of rotatable bonds is 5. The second-order valence-electron chi connectivity index (χ2n) is 8.21. The first-order valence-corrected chi connectivity index (χ1v) is 10.3. The van der Waals surface area contributed by atoms with Crippen LogP contribution in [0.3, 0.4) is 0 Å². The number of nitrogens with zero attached hydrogens (tertiary/aromatic N) is 5. The average molecular weight is 405 g/mol. The van der Waals surface area contributed by atoms with E-state index in [1.807, 2.05) is 25.5 Å². The van der Waals surface area contributed by atoms with Crippen LogP contribution >= 0.6 is 0 Å². The van der Waals surface area contributed by atoms with Crippen LogP contribution in [0.15, 0.2) is 47.8 Å². The first-order valence-electron chi connectivity index (χ1n) is 10.3. The van der Waals surface area contributed by atoms with Gasteiger partial charge in [0.2, 0.25) is 5.91 Å². The van der Waals surface area contributed by atoms with Crippen molar-refractivity contribution in [2.75, 3.05) is 32.0 Å². The largest absolute Gasteiger partial charge is 0.322 e. The van der Waals surface area contributed by atoms with Crippen LogP contribution in [-0.4, -0.2) is 58.5 Å². The van der Waals surface area contributed by atoms with E-state index in [1.165, 1.54) is 10.9 Å². The maximum atomic E-state index is 12.6. The summed E-state index contributed by atoms with van der Waals surface area (Å²) in [7, 11) is 3.61. The Morgan fingerprint density at radius 1 is 1.33 bits per heavy atom. The van der Waals surface area contributed by atoms with Gasteiger partial charge in [-0.2, -0.15) is 5.10 Å². The lowest BCUT2D eigenvalue weighted by Crippen LogP contribution is -2.42. The third kappa shape index (κ3) is 4.41. The zero-order valence-electron chi connectivity index (χ0n) is 17.7. The van der Waals surface area contributed by atoms with Crippen LogP contribution in [0.25, 0.3) is 10.9 Å². The van der Waals surface area contributed by atoms with E-state index in [2.05, 4.69) is 50.4 Å². The van der Waals surface area contributed by atoms with Crippen molar-refractivity contribution in [3.63, 3.8) is 0 Å². The highest BCUT2D eigenvalue weighted by Gasteiger charge is 2.28. The van der Waals surface area contributed by atoms with E-state index < -0.39 is 0 Å². The van der Waals surface area contributed by atoms with Gasteiger partial charge in [-0.05, 0) is 29.9 Å². The average Bonchev–Trinajstić information content (AvgIpc) is 3.12. The van der Waals surface area contributed by atoms with Gasteiger partial charge in [-0.1, -0.05) is 25.1 Å². The van der Waals surface area contributed by atoms with Crippen LogP contribution in [0.2, 0.25) is 0 Å². The van der Waals surface area contributed by atoms with Crippen LogP contribution in [0.1, 0.15) is 30.4 Å². The van der Waals surface area contributed by atoms with Gasteiger partial charge in [-0.15, -0.1) is 0 Å². The van der Waals surface area contributed by atoms with Crippen molar-refractivity contribution in [3.8, 4) is 0 Å². The molecule has 1 saturated heterocycles. The van der Waals surface area contributed by atoms with Crippen LogP contribution in [-0.2, 0) is 11.8 Å². The molecule has 0 spiro atoms. The summed E-state index contributed by atoms with van der Waals surface area (Å²) < 4.78 is 1.68. The highest BCUT2D eigenvalue weighted by Crippen LogP contribution is 2.34. The molecule has 3 aromatic rings. The molecule has 7 heteroatoms. The van der Waals surface area contributed by atoms with E-state index in [-0.39, 0.29) is 5.91 Å². The normalized spacial score (nSPS) is 20.1.